The third kappa shape index (κ3) is 6.78. The van der Waals surface area contributed by atoms with Gasteiger partial charge in [0.15, 0.2) is 6.29 Å². The molecule has 38 heavy (non-hydrogen) atoms. The molecule has 5 atom stereocenters. The van der Waals surface area contributed by atoms with Crippen LogP contribution < -0.4 is 0 Å². The highest BCUT2D eigenvalue weighted by atomic mass is 16.7. The molecule has 2 aliphatic heterocycles. The minimum atomic E-state index is -1.49. The third-order valence-electron chi connectivity index (χ3n) is 6.26. The molecule has 0 saturated carbocycles. The summed E-state index contributed by atoms with van der Waals surface area (Å²) in [5.41, 5.74) is 1.89. The maximum atomic E-state index is 12.3. The zero-order chi connectivity index (χ0) is 27.1. The van der Waals surface area contributed by atoms with E-state index >= 15 is 0 Å². The van der Waals surface area contributed by atoms with Gasteiger partial charge in [0.05, 0.1) is 52.4 Å². The first kappa shape index (κ1) is 28.2. The van der Waals surface area contributed by atoms with E-state index in [1.807, 2.05) is 0 Å². The van der Waals surface area contributed by atoms with Crippen molar-refractivity contribution in [2.45, 2.75) is 43.7 Å². The molecule has 0 radical (unpaired) electrons. The zero-order valence-electron chi connectivity index (χ0n) is 20.7. The number of hydrogen-bond donors (Lipinski definition) is 4. The number of ether oxygens (including phenoxy) is 4. The molecule has 2 saturated heterocycles. The van der Waals surface area contributed by atoms with Crippen LogP contribution in [0.25, 0.3) is 11.3 Å². The maximum absolute atomic E-state index is 12.3. The summed E-state index contributed by atoms with van der Waals surface area (Å²) in [5, 5.41) is 46.8. The van der Waals surface area contributed by atoms with Crippen molar-refractivity contribution in [3.8, 4) is 11.3 Å². The molecule has 1 aromatic heterocycles. The number of aliphatic hydroxyl groups excluding tert-OH is 4. The lowest BCUT2D eigenvalue weighted by molar-refractivity contribution is -0.302. The molecular formula is C24H32N4O10. The summed E-state index contributed by atoms with van der Waals surface area (Å²) < 4.78 is 23.2. The largest absolute Gasteiger partial charge is 0.394 e. The third-order valence-corrected chi connectivity index (χ3v) is 6.26. The highest BCUT2D eigenvalue weighted by Gasteiger charge is 2.43. The van der Waals surface area contributed by atoms with E-state index in [1.54, 1.807) is 35.1 Å². The lowest BCUT2D eigenvalue weighted by atomic mass is 9.99. The van der Waals surface area contributed by atoms with Gasteiger partial charge >= 0.3 is 0 Å². The Morgan fingerprint density at radius 1 is 1.00 bits per heavy atom. The second-order valence-corrected chi connectivity index (χ2v) is 8.84. The standard InChI is InChI=1S/C24H32N4O10/c29-14-18-20(31)21(32)22(33)24(38-18)37-12-11-36-10-9-35-8-7-27-13-17(25-26-27)15-1-3-16(4-2-15)23(34)28-6-5-19(28)30/h1-4,13,18,20-22,24,29,31-33H,5-12,14H2/t18-,20-,21+,22+,24?/m1/s1. The second-order valence-electron chi connectivity index (χ2n) is 8.84. The number of aromatic nitrogens is 3. The van der Waals surface area contributed by atoms with Crippen molar-refractivity contribution in [1.29, 1.82) is 0 Å². The molecule has 14 nitrogen and oxygen atoms in total. The fourth-order valence-corrected chi connectivity index (χ4v) is 3.92. The molecule has 1 aromatic carbocycles. The molecular weight excluding hydrogens is 504 g/mol. The van der Waals surface area contributed by atoms with Gasteiger partial charge in [-0.3, -0.25) is 14.5 Å². The van der Waals surface area contributed by atoms with E-state index in [0.29, 0.717) is 50.6 Å². The average molecular weight is 537 g/mol. The number of nitrogens with zero attached hydrogens (tertiary/aromatic N) is 4. The maximum Gasteiger partial charge on any atom is 0.260 e. The number of hydrogen-bond acceptors (Lipinski definition) is 12. The topological polar surface area (TPSA) is 186 Å². The molecule has 1 unspecified atom stereocenters. The Balaban J connectivity index is 1.08. The molecule has 4 N–H and O–H groups in total. The lowest BCUT2D eigenvalue weighted by Gasteiger charge is -2.39. The van der Waals surface area contributed by atoms with Crippen molar-refractivity contribution in [2.75, 3.05) is 46.2 Å². The van der Waals surface area contributed by atoms with Gasteiger partial charge in [-0.05, 0) is 12.1 Å². The SMILES string of the molecule is O=C1CCN1C(=O)c1ccc(-c2cn(CCOCCOCCOC3O[C@H](CO)[C@@H](O)[C@H](O)[C@@H]3O)nn2)cc1. The molecule has 0 aliphatic carbocycles. The van der Waals surface area contributed by atoms with Gasteiger partial charge < -0.3 is 39.4 Å². The fraction of sp³-hybridized carbons (Fsp3) is 0.583. The van der Waals surface area contributed by atoms with Gasteiger partial charge in [-0.2, -0.15) is 0 Å². The lowest BCUT2D eigenvalue weighted by Crippen LogP contribution is -2.59. The summed E-state index contributed by atoms with van der Waals surface area (Å²) in [4.78, 5) is 24.9. The Labute approximate surface area is 218 Å². The summed E-state index contributed by atoms with van der Waals surface area (Å²) in [5.74, 6) is -0.449. The van der Waals surface area contributed by atoms with Gasteiger partial charge in [0.25, 0.3) is 5.91 Å². The Hall–Kier alpha value is -2.82. The smallest absolute Gasteiger partial charge is 0.260 e. The monoisotopic (exact) mass is 536 g/mol. The number of aliphatic hydroxyl groups is 4. The van der Waals surface area contributed by atoms with E-state index in [1.165, 1.54) is 4.90 Å². The van der Waals surface area contributed by atoms with Gasteiger partial charge in [-0.25, -0.2) is 4.68 Å². The predicted molar refractivity (Wildman–Crippen MR) is 127 cm³/mol. The zero-order valence-corrected chi connectivity index (χ0v) is 20.7. The van der Waals surface area contributed by atoms with Crippen LogP contribution in [0.5, 0.6) is 0 Å². The van der Waals surface area contributed by atoms with Gasteiger partial charge in [-0.1, -0.05) is 17.3 Å². The second kappa shape index (κ2) is 13.3. The first-order chi connectivity index (χ1) is 18.4. The number of amides is 2. The molecule has 2 aromatic rings. The molecule has 4 rings (SSSR count). The number of likely N-dealkylation sites (tertiary alicyclic amines) is 1. The van der Waals surface area contributed by atoms with Crippen LogP contribution in [-0.2, 0) is 30.3 Å². The molecule has 2 fully saturated rings. The van der Waals surface area contributed by atoms with Gasteiger partial charge in [0, 0.05) is 24.1 Å². The summed E-state index contributed by atoms with van der Waals surface area (Å²) in [6.45, 7) is 1.67. The first-order valence-electron chi connectivity index (χ1n) is 12.3. The molecule has 0 spiro atoms. The highest BCUT2D eigenvalue weighted by Crippen LogP contribution is 2.22. The molecule has 0 bridgehead atoms. The van der Waals surface area contributed by atoms with Crippen LogP contribution in [0.1, 0.15) is 16.8 Å². The number of imide groups is 1. The van der Waals surface area contributed by atoms with Crippen molar-refractivity contribution in [3.05, 3.63) is 36.0 Å². The first-order valence-corrected chi connectivity index (χ1v) is 12.3. The number of rotatable bonds is 13. The van der Waals surface area contributed by atoms with Crippen molar-refractivity contribution >= 4 is 11.8 Å². The minimum absolute atomic E-state index is 0.0654. The van der Waals surface area contributed by atoms with Gasteiger partial charge in [0.2, 0.25) is 5.91 Å². The Morgan fingerprint density at radius 2 is 1.71 bits per heavy atom. The Morgan fingerprint density at radius 3 is 2.37 bits per heavy atom. The summed E-state index contributed by atoms with van der Waals surface area (Å²) in [7, 11) is 0. The van der Waals surface area contributed by atoms with E-state index < -0.39 is 37.3 Å². The van der Waals surface area contributed by atoms with E-state index in [0.717, 1.165) is 5.56 Å². The number of benzene rings is 1. The molecule has 3 heterocycles. The van der Waals surface area contributed by atoms with Crippen molar-refractivity contribution < 1.29 is 49.0 Å². The van der Waals surface area contributed by atoms with Crippen LogP contribution in [0.4, 0.5) is 0 Å². The number of carbonyl (C=O) groups excluding carboxylic acids is 2. The normalized spacial score (nSPS) is 25.4. The van der Waals surface area contributed by atoms with Crippen LogP contribution in [0.2, 0.25) is 0 Å². The predicted octanol–water partition coefficient (Wildman–Crippen LogP) is -1.83. The van der Waals surface area contributed by atoms with Gasteiger partial charge in [0.1, 0.15) is 30.1 Å². The van der Waals surface area contributed by atoms with E-state index in [9.17, 15) is 30.0 Å². The average Bonchev–Trinajstić information content (AvgIpc) is 3.40. The number of carbonyl (C=O) groups is 2. The van der Waals surface area contributed by atoms with Crippen LogP contribution in [-0.4, -0.2) is 129 Å². The van der Waals surface area contributed by atoms with Crippen LogP contribution >= 0.6 is 0 Å². The molecule has 2 aliphatic rings. The Kier molecular flexibility index (Phi) is 9.87. The van der Waals surface area contributed by atoms with E-state index in [-0.39, 0.29) is 25.0 Å². The molecule has 2 amide bonds. The quantitative estimate of drug-likeness (QED) is 0.128. The summed E-state index contributed by atoms with van der Waals surface area (Å²) in [6, 6.07) is 6.86. The summed E-state index contributed by atoms with van der Waals surface area (Å²) in [6.07, 6.45) is -4.39. The number of β-lactam (4-membered cyclic amide) rings is 1. The van der Waals surface area contributed by atoms with Crippen molar-refractivity contribution in [2.24, 2.45) is 0 Å². The minimum Gasteiger partial charge on any atom is -0.394 e. The van der Waals surface area contributed by atoms with E-state index in [4.69, 9.17) is 18.9 Å². The van der Waals surface area contributed by atoms with E-state index in [2.05, 4.69) is 10.3 Å². The molecule has 208 valence electrons. The highest BCUT2D eigenvalue weighted by molar-refractivity contribution is 6.07. The molecule has 14 heteroatoms. The fourth-order valence-electron chi connectivity index (χ4n) is 3.92. The van der Waals surface area contributed by atoms with Crippen molar-refractivity contribution in [3.63, 3.8) is 0 Å². The van der Waals surface area contributed by atoms with Gasteiger partial charge in [-0.15, -0.1) is 5.10 Å². The van der Waals surface area contributed by atoms with Crippen LogP contribution in [0, 0.1) is 0 Å². The Bertz CT molecular complexity index is 1060. The van der Waals surface area contributed by atoms with Crippen LogP contribution in [0.15, 0.2) is 30.5 Å². The van der Waals surface area contributed by atoms with Crippen molar-refractivity contribution in [1.82, 2.24) is 19.9 Å². The summed E-state index contributed by atoms with van der Waals surface area (Å²) >= 11 is 0. The van der Waals surface area contributed by atoms with Crippen LogP contribution in [0.3, 0.4) is 0 Å².